The molecule has 0 spiro atoms. The molecule has 0 rings (SSSR count). The Morgan fingerprint density at radius 3 is 2.59 bits per heavy atom. The zero-order chi connectivity index (χ0) is 13.5. The highest BCUT2D eigenvalue weighted by Gasteiger charge is 2.16. The number of rotatable bonds is 8. The van der Waals surface area contributed by atoms with E-state index in [-0.39, 0.29) is 25.3 Å². The average molecular weight is 268 g/mol. The van der Waals surface area contributed by atoms with E-state index in [1.165, 1.54) is 7.11 Å². The fourth-order valence-electron chi connectivity index (χ4n) is 1.07. The minimum absolute atomic E-state index is 0.0270. The normalized spacial score (nSPS) is 15.3. The van der Waals surface area contributed by atoms with Gasteiger partial charge >= 0.3 is 0 Å². The largest absolute Gasteiger partial charge is 0.389 e. The number of aliphatic hydroxyl groups excluding tert-OH is 1. The van der Waals surface area contributed by atoms with E-state index in [0.717, 1.165) is 6.26 Å². The van der Waals surface area contributed by atoms with E-state index < -0.39 is 27.9 Å². The van der Waals surface area contributed by atoms with Crippen LogP contribution < -0.4 is 11.1 Å². The number of nitrogens with two attached hydrogens (primary N) is 1. The van der Waals surface area contributed by atoms with Crippen molar-refractivity contribution < 1.29 is 23.1 Å². The van der Waals surface area contributed by atoms with Gasteiger partial charge in [0.2, 0.25) is 5.91 Å². The van der Waals surface area contributed by atoms with Gasteiger partial charge in [-0.25, -0.2) is 8.42 Å². The molecule has 0 saturated heterocycles. The average Bonchev–Trinajstić information content (AvgIpc) is 2.22. The predicted octanol–water partition coefficient (Wildman–Crippen LogP) is -2.13. The molecule has 102 valence electrons. The molecule has 1 amide bonds. The second-order valence-corrected chi connectivity index (χ2v) is 6.14. The summed E-state index contributed by atoms with van der Waals surface area (Å²) in [7, 11) is -1.69. The van der Waals surface area contributed by atoms with E-state index in [1.54, 1.807) is 0 Å². The highest BCUT2D eigenvalue weighted by atomic mass is 32.2. The summed E-state index contributed by atoms with van der Waals surface area (Å²) >= 11 is 0. The topological polar surface area (TPSA) is 119 Å². The Labute approximate surface area is 101 Å². The third-order valence-corrected chi connectivity index (χ3v) is 2.98. The quantitative estimate of drug-likeness (QED) is 0.463. The van der Waals surface area contributed by atoms with Crippen LogP contribution in [0.25, 0.3) is 0 Å². The van der Waals surface area contributed by atoms with Crippen molar-refractivity contribution in [3.05, 3.63) is 0 Å². The lowest BCUT2D eigenvalue weighted by molar-refractivity contribution is -0.123. The summed E-state index contributed by atoms with van der Waals surface area (Å²) in [4.78, 5) is 11.4. The van der Waals surface area contributed by atoms with Gasteiger partial charge in [-0.2, -0.15) is 0 Å². The Kier molecular flexibility index (Phi) is 7.28. The summed E-state index contributed by atoms with van der Waals surface area (Å²) < 4.78 is 26.4. The molecule has 7 nitrogen and oxygen atoms in total. The Morgan fingerprint density at radius 2 is 2.12 bits per heavy atom. The number of aliphatic hydroxyl groups is 1. The van der Waals surface area contributed by atoms with E-state index in [0.29, 0.717) is 0 Å². The molecule has 0 radical (unpaired) electrons. The monoisotopic (exact) mass is 268 g/mol. The lowest BCUT2D eigenvalue weighted by Crippen LogP contribution is -2.44. The third kappa shape index (κ3) is 9.04. The van der Waals surface area contributed by atoms with Gasteiger partial charge in [-0.1, -0.05) is 0 Å². The van der Waals surface area contributed by atoms with Crippen molar-refractivity contribution in [1.29, 1.82) is 0 Å². The first-order valence-corrected chi connectivity index (χ1v) is 7.20. The smallest absolute Gasteiger partial charge is 0.237 e. The molecule has 0 bridgehead atoms. The first-order chi connectivity index (χ1) is 7.76. The van der Waals surface area contributed by atoms with Gasteiger partial charge in [0, 0.05) is 19.9 Å². The Balaban J connectivity index is 3.90. The molecular formula is C9H20N2O5S. The molecule has 0 fully saturated rings. The summed E-state index contributed by atoms with van der Waals surface area (Å²) in [6, 6.07) is -0.889. The molecule has 0 aromatic carbocycles. The molecule has 2 atom stereocenters. The number of methoxy groups -OCH3 is 1. The van der Waals surface area contributed by atoms with Crippen LogP contribution >= 0.6 is 0 Å². The predicted molar refractivity (Wildman–Crippen MR) is 63.2 cm³/mol. The Morgan fingerprint density at radius 1 is 1.53 bits per heavy atom. The molecule has 0 aromatic heterocycles. The van der Waals surface area contributed by atoms with Crippen LogP contribution in [0.1, 0.15) is 6.42 Å². The third-order valence-electron chi connectivity index (χ3n) is 2.01. The van der Waals surface area contributed by atoms with E-state index >= 15 is 0 Å². The molecule has 8 heteroatoms. The molecule has 0 saturated carbocycles. The highest BCUT2D eigenvalue weighted by molar-refractivity contribution is 7.90. The lowest BCUT2D eigenvalue weighted by Gasteiger charge is -2.14. The number of hydrogen-bond donors (Lipinski definition) is 3. The zero-order valence-corrected chi connectivity index (χ0v) is 10.9. The first kappa shape index (κ1) is 16.3. The van der Waals surface area contributed by atoms with Crippen molar-refractivity contribution >= 4 is 15.7 Å². The summed E-state index contributed by atoms with van der Waals surface area (Å²) in [5.41, 5.74) is 5.50. The number of ether oxygens (including phenoxy) is 1. The molecule has 0 aliphatic heterocycles. The second-order valence-electron chi connectivity index (χ2n) is 3.88. The maximum absolute atomic E-state index is 11.4. The van der Waals surface area contributed by atoms with Crippen LogP contribution in [0.3, 0.4) is 0 Å². The fraction of sp³-hybridized carbons (Fsp3) is 0.889. The van der Waals surface area contributed by atoms with Gasteiger partial charge in [-0.15, -0.1) is 0 Å². The number of sulfone groups is 1. The van der Waals surface area contributed by atoms with Crippen LogP contribution in [-0.2, 0) is 19.4 Å². The van der Waals surface area contributed by atoms with Gasteiger partial charge in [0.25, 0.3) is 0 Å². The van der Waals surface area contributed by atoms with E-state index in [2.05, 4.69) is 10.1 Å². The Bertz CT molecular complexity index is 330. The number of amides is 1. The fourth-order valence-corrected chi connectivity index (χ4v) is 1.76. The van der Waals surface area contributed by atoms with Crippen molar-refractivity contribution in [2.24, 2.45) is 5.73 Å². The van der Waals surface area contributed by atoms with Crippen molar-refractivity contribution in [1.82, 2.24) is 5.32 Å². The van der Waals surface area contributed by atoms with Gasteiger partial charge in [-0.05, 0) is 6.42 Å². The maximum Gasteiger partial charge on any atom is 0.237 e. The van der Waals surface area contributed by atoms with Crippen molar-refractivity contribution in [2.45, 2.75) is 18.6 Å². The van der Waals surface area contributed by atoms with Crippen molar-refractivity contribution in [3.8, 4) is 0 Å². The van der Waals surface area contributed by atoms with E-state index in [1.807, 2.05) is 0 Å². The molecule has 0 aliphatic carbocycles. The molecule has 2 unspecified atom stereocenters. The van der Waals surface area contributed by atoms with Crippen molar-refractivity contribution in [2.75, 3.05) is 32.3 Å². The Hall–Kier alpha value is -0.700. The number of carbonyl (C=O) groups excluding carboxylic acids is 1. The highest BCUT2D eigenvalue weighted by Crippen LogP contribution is 1.94. The van der Waals surface area contributed by atoms with E-state index in [4.69, 9.17) is 5.73 Å². The molecular weight excluding hydrogens is 248 g/mol. The maximum atomic E-state index is 11.4. The van der Waals surface area contributed by atoms with Gasteiger partial charge in [0.05, 0.1) is 24.5 Å². The van der Waals surface area contributed by atoms with Crippen LogP contribution in [0.15, 0.2) is 0 Å². The first-order valence-electron chi connectivity index (χ1n) is 5.14. The lowest BCUT2D eigenvalue weighted by atomic mass is 10.2. The van der Waals surface area contributed by atoms with Gasteiger partial charge in [-0.3, -0.25) is 4.79 Å². The summed E-state index contributed by atoms with van der Waals surface area (Å²) in [6.07, 6.45) is 0.344. The van der Waals surface area contributed by atoms with Crippen LogP contribution in [0.5, 0.6) is 0 Å². The molecule has 0 aromatic rings. The molecule has 17 heavy (non-hydrogen) atoms. The minimum atomic E-state index is -3.12. The van der Waals surface area contributed by atoms with Gasteiger partial charge < -0.3 is 20.9 Å². The SMILES string of the molecule is COCC(O)CNC(=O)C(N)CCS(C)(=O)=O. The van der Waals surface area contributed by atoms with Crippen LogP contribution in [-0.4, -0.2) is 63.8 Å². The van der Waals surface area contributed by atoms with Crippen LogP contribution in [0.4, 0.5) is 0 Å². The van der Waals surface area contributed by atoms with E-state index in [9.17, 15) is 18.3 Å². The molecule has 4 N–H and O–H groups in total. The van der Waals surface area contributed by atoms with Crippen LogP contribution in [0.2, 0.25) is 0 Å². The number of nitrogens with one attached hydrogen (secondary N) is 1. The number of hydrogen-bond acceptors (Lipinski definition) is 6. The van der Waals surface area contributed by atoms with Gasteiger partial charge in [0.1, 0.15) is 9.84 Å². The van der Waals surface area contributed by atoms with Crippen molar-refractivity contribution in [3.63, 3.8) is 0 Å². The summed E-state index contributed by atoms with van der Waals surface area (Å²) in [6.45, 7) is 0.137. The molecule has 0 heterocycles. The summed E-state index contributed by atoms with van der Waals surface area (Å²) in [5.74, 6) is -0.619. The van der Waals surface area contributed by atoms with Crippen LogP contribution in [0, 0.1) is 0 Å². The second kappa shape index (κ2) is 7.59. The minimum Gasteiger partial charge on any atom is -0.389 e. The standard InChI is InChI=1S/C9H20N2O5S/c1-16-6-7(12)5-11-9(13)8(10)3-4-17(2,14)15/h7-8,12H,3-6,10H2,1-2H3,(H,11,13). The summed E-state index contributed by atoms with van der Waals surface area (Å²) in [5, 5.41) is 11.7. The number of carbonyl (C=O) groups is 1. The molecule has 0 aliphatic rings. The zero-order valence-electron chi connectivity index (χ0n) is 10.0. The van der Waals surface area contributed by atoms with Gasteiger partial charge in [0.15, 0.2) is 0 Å².